The lowest BCUT2D eigenvalue weighted by molar-refractivity contribution is 0.590. The lowest BCUT2D eigenvalue weighted by Gasteiger charge is -2.17. The number of rotatable bonds is 7. The molecule has 0 aromatic heterocycles. The van der Waals surface area contributed by atoms with E-state index >= 15 is 0 Å². The average Bonchev–Trinajstić information content (AvgIpc) is 3.06. The van der Waals surface area contributed by atoms with E-state index in [0.29, 0.717) is 23.9 Å². The summed E-state index contributed by atoms with van der Waals surface area (Å²) in [6.07, 6.45) is 6.27. The molecule has 1 aliphatic rings. The van der Waals surface area contributed by atoms with Gasteiger partial charge >= 0.3 is 0 Å². The van der Waals surface area contributed by atoms with Gasteiger partial charge in [0.25, 0.3) is 0 Å². The maximum Gasteiger partial charge on any atom is 0.191 e. The first-order valence-electron chi connectivity index (χ1n) is 8.33. The van der Waals surface area contributed by atoms with Crippen molar-refractivity contribution < 1.29 is 8.42 Å². The predicted molar refractivity (Wildman–Crippen MR) is 103 cm³/mol. The molecule has 5 nitrogen and oxygen atoms in total. The third kappa shape index (κ3) is 5.70. The quantitative estimate of drug-likeness (QED) is 0.438. The second-order valence-electron chi connectivity index (χ2n) is 6.00. The van der Waals surface area contributed by atoms with Crippen LogP contribution in [0.25, 0.3) is 0 Å². The van der Waals surface area contributed by atoms with Gasteiger partial charge in [0.1, 0.15) is 0 Å². The number of sulfone groups is 1. The molecule has 2 rings (SSSR count). The smallest absolute Gasteiger partial charge is 0.191 e. The molecule has 2 unspecified atom stereocenters. The average molecular weight is 370 g/mol. The van der Waals surface area contributed by atoms with Gasteiger partial charge in [-0.25, -0.2) is 8.42 Å². The van der Waals surface area contributed by atoms with Crippen LogP contribution >= 0.6 is 11.8 Å². The van der Waals surface area contributed by atoms with Gasteiger partial charge in [-0.15, -0.1) is 0 Å². The van der Waals surface area contributed by atoms with Crippen molar-refractivity contribution in [2.24, 2.45) is 4.99 Å². The third-order valence-electron chi connectivity index (χ3n) is 4.27. The molecule has 0 saturated heterocycles. The van der Waals surface area contributed by atoms with Gasteiger partial charge in [-0.1, -0.05) is 18.2 Å². The molecule has 7 heteroatoms. The van der Waals surface area contributed by atoms with E-state index in [1.54, 1.807) is 31.3 Å². The molecular weight excluding hydrogens is 342 g/mol. The van der Waals surface area contributed by atoms with Gasteiger partial charge in [0.15, 0.2) is 15.8 Å². The van der Waals surface area contributed by atoms with Crippen LogP contribution in [-0.4, -0.2) is 51.3 Å². The van der Waals surface area contributed by atoms with Crippen LogP contribution in [0.4, 0.5) is 0 Å². The van der Waals surface area contributed by atoms with Crippen LogP contribution in [0.5, 0.6) is 0 Å². The minimum Gasteiger partial charge on any atom is -0.356 e. The summed E-state index contributed by atoms with van der Waals surface area (Å²) in [5.41, 5.74) is 0. The Morgan fingerprint density at radius 3 is 2.67 bits per heavy atom. The highest BCUT2D eigenvalue weighted by Crippen LogP contribution is 2.27. The van der Waals surface area contributed by atoms with E-state index in [0.717, 1.165) is 24.1 Å². The molecule has 134 valence electrons. The number of hydrogen-bond donors (Lipinski definition) is 2. The highest BCUT2D eigenvalue weighted by molar-refractivity contribution is 7.99. The Morgan fingerprint density at radius 2 is 2.04 bits per heavy atom. The SMILES string of the molecule is CN=C(NCCCS(=O)(=O)c1ccccc1)NC1CCC(SC)C1. The summed E-state index contributed by atoms with van der Waals surface area (Å²) < 4.78 is 24.4. The Labute approximate surface area is 149 Å². The fourth-order valence-electron chi connectivity index (χ4n) is 2.89. The van der Waals surface area contributed by atoms with Crippen LogP contribution in [-0.2, 0) is 9.84 Å². The monoisotopic (exact) mass is 369 g/mol. The lowest BCUT2D eigenvalue weighted by Crippen LogP contribution is -2.43. The van der Waals surface area contributed by atoms with E-state index in [1.807, 2.05) is 17.8 Å². The minimum absolute atomic E-state index is 0.138. The first-order valence-corrected chi connectivity index (χ1v) is 11.3. The molecule has 2 N–H and O–H groups in total. The van der Waals surface area contributed by atoms with Crippen LogP contribution in [0, 0.1) is 0 Å². The number of hydrogen-bond acceptors (Lipinski definition) is 4. The first-order chi connectivity index (χ1) is 11.5. The van der Waals surface area contributed by atoms with Crippen LogP contribution in [0.2, 0.25) is 0 Å². The molecule has 0 bridgehead atoms. The van der Waals surface area contributed by atoms with E-state index in [4.69, 9.17) is 0 Å². The zero-order valence-corrected chi connectivity index (χ0v) is 16.0. The molecule has 0 aliphatic heterocycles. The number of nitrogens with zero attached hydrogens (tertiary/aromatic N) is 1. The van der Waals surface area contributed by atoms with Crippen molar-refractivity contribution >= 4 is 27.6 Å². The fourth-order valence-corrected chi connectivity index (χ4v) is 5.02. The largest absolute Gasteiger partial charge is 0.356 e. The maximum atomic E-state index is 12.2. The van der Waals surface area contributed by atoms with Crippen LogP contribution < -0.4 is 10.6 Å². The van der Waals surface area contributed by atoms with E-state index in [9.17, 15) is 8.42 Å². The van der Waals surface area contributed by atoms with Gasteiger partial charge in [-0.3, -0.25) is 4.99 Å². The number of aliphatic imine (C=N–C) groups is 1. The van der Waals surface area contributed by atoms with Crippen LogP contribution in [0.1, 0.15) is 25.7 Å². The number of guanidine groups is 1. The molecule has 1 aliphatic carbocycles. The zero-order valence-electron chi connectivity index (χ0n) is 14.4. The molecule has 2 atom stereocenters. The molecule has 0 amide bonds. The summed E-state index contributed by atoms with van der Waals surface area (Å²) >= 11 is 1.93. The second kappa shape index (κ2) is 9.32. The minimum atomic E-state index is -3.20. The maximum absolute atomic E-state index is 12.2. The van der Waals surface area contributed by atoms with Crippen LogP contribution in [0.15, 0.2) is 40.2 Å². The summed E-state index contributed by atoms with van der Waals surface area (Å²) in [5.74, 6) is 0.901. The van der Waals surface area contributed by atoms with Gasteiger partial charge in [0.05, 0.1) is 10.6 Å². The topological polar surface area (TPSA) is 70.6 Å². The fraction of sp³-hybridized carbons (Fsp3) is 0.588. The molecule has 0 spiro atoms. The van der Waals surface area contributed by atoms with Crippen molar-refractivity contribution in [1.29, 1.82) is 0 Å². The van der Waals surface area contributed by atoms with E-state index < -0.39 is 9.84 Å². The Balaban J connectivity index is 1.73. The summed E-state index contributed by atoms with van der Waals surface area (Å²) in [5, 5.41) is 7.39. The van der Waals surface area contributed by atoms with Crippen molar-refractivity contribution in [2.75, 3.05) is 25.6 Å². The van der Waals surface area contributed by atoms with E-state index in [-0.39, 0.29) is 5.75 Å². The van der Waals surface area contributed by atoms with Crippen molar-refractivity contribution in [3.63, 3.8) is 0 Å². The van der Waals surface area contributed by atoms with Crippen molar-refractivity contribution in [3.8, 4) is 0 Å². The van der Waals surface area contributed by atoms with Gasteiger partial charge in [0.2, 0.25) is 0 Å². The third-order valence-corrected chi connectivity index (χ3v) is 7.18. The Kier molecular flexibility index (Phi) is 7.42. The molecule has 24 heavy (non-hydrogen) atoms. The van der Waals surface area contributed by atoms with Crippen molar-refractivity contribution in [2.45, 2.75) is 41.9 Å². The summed E-state index contributed by atoms with van der Waals surface area (Å²) in [4.78, 5) is 4.62. The second-order valence-corrected chi connectivity index (χ2v) is 9.24. The molecular formula is C17H27N3O2S2. The van der Waals surface area contributed by atoms with Crippen molar-refractivity contribution in [1.82, 2.24) is 10.6 Å². The van der Waals surface area contributed by atoms with Gasteiger partial charge in [-0.2, -0.15) is 11.8 Å². The summed E-state index contributed by atoms with van der Waals surface area (Å²) in [7, 11) is -1.45. The number of benzene rings is 1. The number of nitrogens with one attached hydrogen (secondary N) is 2. The molecule has 1 aromatic rings. The zero-order chi connectivity index (χ0) is 17.4. The van der Waals surface area contributed by atoms with Crippen molar-refractivity contribution in [3.05, 3.63) is 30.3 Å². The van der Waals surface area contributed by atoms with Gasteiger partial charge < -0.3 is 10.6 Å². The summed E-state index contributed by atoms with van der Waals surface area (Å²) in [6, 6.07) is 9.07. The highest BCUT2D eigenvalue weighted by Gasteiger charge is 2.24. The normalized spacial score (nSPS) is 21.7. The molecule has 1 aromatic carbocycles. The summed E-state index contributed by atoms with van der Waals surface area (Å²) in [6.45, 7) is 0.588. The highest BCUT2D eigenvalue weighted by atomic mass is 32.2. The Morgan fingerprint density at radius 1 is 1.29 bits per heavy atom. The molecule has 1 fully saturated rings. The predicted octanol–water partition coefficient (Wildman–Crippen LogP) is 2.30. The Bertz CT molecular complexity index is 632. The molecule has 0 radical (unpaired) electrons. The lowest BCUT2D eigenvalue weighted by atomic mass is 10.2. The molecule has 0 heterocycles. The standard InChI is InChI=1S/C17H27N3O2S2/c1-18-17(20-14-9-10-15(13-14)23-2)19-11-6-12-24(21,22)16-7-4-3-5-8-16/h3-5,7-8,14-15H,6,9-13H2,1-2H3,(H2,18,19,20). The van der Waals surface area contributed by atoms with Crippen LogP contribution in [0.3, 0.4) is 0 Å². The first kappa shape index (κ1) is 19.1. The molecule has 1 saturated carbocycles. The van der Waals surface area contributed by atoms with E-state index in [1.165, 1.54) is 6.42 Å². The van der Waals surface area contributed by atoms with Gasteiger partial charge in [0, 0.05) is 24.9 Å². The Hall–Kier alpha value is -1.21. The van der Waals surface area contributed by atoms with Gasteiger partial charge in [-0.05, 0) is 44.1 Å². The number of thioether (sulfide) groups is 1. The van der Waals surface area contributed by atoms with E-state index in [2.05, 4.69) is 21.9 Å².